The Balaban J connectivity index is 1.50. The molecule has 2 unspecified atom stereocenters. The summed E-state index contributed by atoms with van der Waals surface area (Å²) in [7, 11) is 0. The minimum absolute atomic E-state index is 0.0929. The summed E-state index contributed by atoms with van der Waals surface area (Å²) >= 11 is 0. The van der Waals surface area contributed by atoms with Crippen LogP contribution in [-0.4, -0.2) is 21.0 Å². The summed E-state index contributed by atoms with van der Waals surface area (Å²) in [6, 6.07) is 10.4. The molecule has 1 aromatic heterocycles. The summed E-state index contributed by atoms with van der Waals surface area (Å²) < 4.78 is 0. The predicted molar refractivity (Wildman–Crippen MR) is 75.5 cm³/mol. The van der Waals surface area contributed by atoms with Crippen molar-refractivity contribution >= 4 is 5.97 Å². The number of carboxylic acid groups (broad SMARTS) is 1. The second-order valence-corrected chi connectivity index (χ2v) is 5.42. The quantitative estimate of drug-likeness (QED) is 0.848. The third kappa shape index (κ3) is 2.90. The summed E-state index contributed by atoms with van der Waals surface area (Å²) in [4.78, 5) is 18.4. The molecule has 1 saturated carbocycles. The molecule has 3 rings (SSSR count). The van der Waals surface area contributed by atoms with Gasteiger partial charge in [-0.05, 0) is 31.2 Å². The van der Waals surface area contributed by atoms with Gasteiger partial charge in [0.05, 0.1) is 5.92 Å². The fraction of sp³-hybridized carbons (Fsp3) is 0.375. The number of carboxylic acids is 1. The molecule has 0 radical (unpaired) electrons. The number of aromatic amines is 1. The van der Waals surface area contributed by atoms with E-state index in [0.29, 0.717) is 6.42 Å². The van der Waals surface area contributed by atoms with Crippen molar-refractivity contribution < 1.29 is 9.90 Å². The second kappa shape index (κ2) is 5.49. The molecule has 1 aliphatic carbocycles. The molecule has 2 N–H and O–H groups in total. The number of hydrogen-bond donors (Lipinski definition) is 2. The van der Waals surface area contributed by atoms with E-state index in [1.54, 1.807) is 0 Å². The van der Waals surface area contributed by atoms with Crippen molar-refractivity contribution in [1.82, 2.24) is 9.97 Å². The van der Waals surface area contributed by atoms with Crippen LogP contribution in [0, 0.1) is 5.92 Å². The van der Waals surface area contributed by atoms with Crippen molar-refractivity contribution in [1.29, 1.82) is 0 Å². The van der Waals surface area contributed by atoms with Gasteiger partial charge in [0, 0.05) is 17.8 Å². The number of aryl methyl sites for hydroxylation is 2. The van der Waals surface area contributed by atoms with Crippen molar-refractivity contribution in [3.63, 3.8) is 0 Å². The van der Waals surface area contributed by atoms with Crippen molar-refractivity contribution in [2.45, 2.75) is 31.6 Å². The number of aromatic nitrogens is 2. The highest BCUT2D eigenvalue weighted by Crippen LogP contribution is 2.46. The van der Waals surface area contributed by atoms with E-state index in [0.717, 1.165) is 30.8 Å². The van der Waals surface area contributed by atoms with E-state index in [-0.39, 0.29) is 11.8 Å². The van der Waals surface area contributed by atoms with Gasteiger partial charge in [0.2, 0.25) is 0 Å². The molecule has 4 nitrogen and oxygen atoms in total. The Morgan fingerprint density at radius 1 is 1.30 bits per heavy atom. The standard InChI is InChI=1S/C16H18N2O2/c19-16(20)14-9-13(14)15-17-10-12(18-15)8-4-7-11-5-2-1-3-6-11/h1-3,5-6,10,13-14H,4,7-9H2,(H,17,18)(H,19,20). The molecule has 1 fully saturated rings. The van der Waals surface area contributed by atoms with Gasteiger partial charge in [-0.2, -0.15) is 0 Å². The second-order valence-electron chi connectivity index (χ2n) is 5.42. The van der Waals surface area contributed by atoms with E-state index in [2.05, 4.69) is 34.2 Å². The first-order valence-electron chi connectivity index (χ1n) is 7.04. The average molecular weight is 270 g/mol. The van der Waals surface area contributed by atoms with Gasteiger partial charge in [-0.25, -0.2) is 4.98 Å². The lowest BCUT2D eigenvalue weighted by Gasteiger charge is -2.00. The summed E-state index contributed by atoms with van der Waals surface area (Å²) in [6.45, 7) is 0. The highest BCUT2D eigenvalue weighted by molar-refractivity contribution is 5.74. The number of carbonyl (C=O) groups is 1. The van der Waals surface area contributed by atoms with Crippen molar-refractivity contribution in [2.24, 2.45) is 5.92 Å². The van der Waals surface area contributed by atoms with E-state index in [4.69, 9.17) is 5.11 Å². The molecule has 104 valence electrons. The molecule has 2 aromatic rings. The van der Waals surface area contributed by atoms with Gasteiger partial charge >= 0.3 is 5.97 Å². The molecule has 4 heteroatoms. The monoisotopic (exact) mass is 270 g/mol. The Morgan fingerprint density at radius 3 is 2.80 bits per heavy atom. The van der Waals surface area contributed by atoms with Crippen LogP contribution in [0.2, 0.25) is 0 Å². The van der Waals surface area contributed by atoms with Crippen molar-refractivity contribution in [3.8, 4) is 0 Å². The van der Waals surface area contributed by atoms with Crippen molar-refractivity contribution in [2.75, 3.05) is 0 Å². The number of H-pyrrole nitrogens is 1. The Morgan fingerprint density at radius 2 is 2.10 bits per heavy atom. The molecule has 20 heavy (non-hydrogen) atoms. The molecule has 0 amide bonds. The van der Waals surface area contributed by atoms with E-state index in [9.17, 15) is 4.79 Å². The first-order chi connectivity index (χ1) is 9.74. The lowest BCUT2D eigenvalue weighted by molar-refractivity contribution is -0.138. The van der Waals surface area contributed by atoms with Gasteiger partial charge in [0.25, 0.3) is 0 Å². The summed E-state index contributed by atoms with van der Waals surface area (Å²) in [5.74, 6) is -0.0159. The molecule has 1 aromatic carbocycles. The van der Waals surface area contributed by atoms with Crippen LogP contribution >= 0.6 is 0 Å². The van der Waals surface area contributed by atoms with Gasteiger partial charge in [-0.15, -0.1) is 0 Å². The highest BCUT2D eigenvalue weighted by Gasteiger charge is 2.46. The average Bonchev–Trinajstić information content (AvgIpc) is 3.13. The van der Waals surface area contributed by atoms with Gasteiger partial charge in [0.15, 0.2) is 0 Å². The largest absolute Gasteiger partial charge is 0.481 e. The predicted octanol–water partition coefficient (Wildman–Crippen LogP) is 2.77. The van der Waals surface area contributed by atoms with Crippen LogP contribution < -0.4 is 0 Å². The number of aliphatic carboxylic acids is 1. The first-order valence-corrected chi connectivity index (χ1v) is 7.04. The Hall–Kier alpha value is -2.10. The van der Waals surface area contributed by atoms with E-state index < -0.39 is 5.97 Å². The van der Waals surface area contributed by atoms with Gasteiger partial charge < -0.3 is 10.1 Å². The maximum absolute atomic E-state index is 10.8. The zero-order valence-electron chi connectivity index (χ0n) is 11.2. The maximum Gasteiger partial charge on any atom is 0.307 e. The van der Waals surface area contributed by atoms with Gasteiger partial charge in [-0.3, -0.25) is 4.79 Å². The van der Waals surface area contributed by atoms with E-state index in [1.807, 2.05) is 12.3 Å². The third-order valence-electron chi connectivity index (χ3n) is 3.86. The minimum atomic E-state index is -0.711. The first kappa shape index (κ1) is 12.9. The molecule has 1 aliphatic rings. The number of imidazole rings is 1. The van der Waals surface area contributed by atoms with Crippen LogP contribution in [0.15, 0.2) is 36.5 Å². The van der Waals surface area contributed by atoms with Crippen LogP contribution in [-0.2, 0) is 17.6 Å². The molecular formula is C16H18N2O2. The van der Waals surface area contributed by atoms with Crippen LogP contribution in [0.3, 0.4) is 0 Å². The molecule has 1 heterocycles. The zero-order valence-corrected chi connectivity index (χ0v) is 11.2. The summed E-state index contributed by atoms with van der Waals surface area (Å²) in [6.07, 6.45) is 5.63. The number of nitrogens with zero attached hydrogens (tertiary/aromatic N) is 1. The fourth-order valence-electron chi connectivity index (χ4n) is 2.59. The lowest BCUT2D eigenvalue weighted by Crippen LogP contribution is -1.99. The van der Waals surface area contributed by atoms with Gasteiger partial charge in [0.1, 0.15) is 5.82 Å². The SMILES string of the molecule is O=C(O)C1CC1c1ncc(CCCc2ccccc2)[nH]1. The van der Waals surface area contributed by atoms with Gasteiger partial charge in [-0.1, -0.05) is 30.3 Å². The highest BCUT2D eigenvalue weighted by atomic mass is 16.4. The number of rotatable bonds is 6. The number of hydrogen-bond acceptors (Lipinski definition) is 2. The molecule has 0 bridgehead atoms. The Kier molecular flexibility index (Phi) is 3.54. The molecule has 0 spiro atoms. The lowest BCUT2D eigenvalue weighted by atomic mass is 10.1. The summed E-state index contributed by atoms with van der Waals surface area (Å²) in [5.41, 5.74) is 2.45. The van der Waals surface area contributed by atoms with Crippen LogP contribution in [0.25, 0.3) is 0 Å². The van der Waals surface area contributed by atoms with Crippen LogP contribution in [0.1, 0.15) is 35.8 Å². The zero-order chi connectivity index (χ0) is 13.9. The molecular weight excluding hydrogens is 252 g/mol. The minimum Gasteiger partial charge on any atom is -0.481 e. The smallest absolute Gasteiger partial charge is 0.307 e. The Labute approximate surface area is 117 Å². The normalized spacial score (nSPS) is 20.8. The van der Waals surface area contributed by atoms with E-state index >= 15 is 0 Å². The third-order valence-corrected chi connectivity index (χ3v) is 3.86. The van der Waals surface area contributed by atoms with Crippen molar-refractivity contribution in [3.05, 3.63) is 53.6 Å². The molecule has 0 aliphatic heterocycles. The fourth-order valence-corrected chi connectivity index (χ4v) is 2.59. The van der Waals surface area contributed by atoms with E-state index in [1.165, 1.54) is 5.56 Å². The maximum atomic E-state index is 10.8. The topological polar surface area (TPSA) is 66.0 Å². The molecule has 2 atom stereocenters. The van der Waals surface area contributed by atoms with Crippen LogP contribution in [0.4, 0.5) is 0 Å². The Bertz CT molecular complexity index is 592. The van der Waals surface area contributed by atoms with Crippen LogP contribution in [0.5, 0.6) is 0 Å². The summed E-state index contributed by atoms with van der Waals surface area (Å²) in [5, 5.41) is 8.92. The molecule has 0 saturated heterocycles. The number of benzene rings is 1. The number of nitrogens with one attached hydrogen (secondary N) is 1.